The van der Waals surface area contributed by atoms with Gasteiger partial charge < -0.3 is 10.4 Å². The van der Waals surface area contributed by atoms with Crippen molar-refractivity contribution in [3.8, 4) is 0 Å². The van der Waals surface area contributed by atoms with E-state index in [1.54, 1.807) is 37.7 Å². The van der Waals surface area contributed by atoms with E-state index in [0.29, 0.717) is 5.69 Å². The molecule has 1 aromatic heterocycles. The number of aliphatic imine (C=N–C) groups is 1. The van der Waals surface area contributed by atoms with Crippen molar-refractivity contribution in [3.63, 3.8) is 0 Å². The van der Waals surface area contributed by atoms with Gasteiger partial charge in [0.25, 0.3) is 10.0 Å². The highest BCUT2D eigenvalue weighted by atomic mass is 32.2. The number of nitrogens with zero attached hydrogens (tertiary/aromatic N) is 2. The van der Waals surface area contributed by atoms with Crippen LogP contribution in [-0.2, 0) is 17.1 Å². The SMILES string of the molecule is Cc1cccc(Nc2cc[n+](C)cc2S(=O)(=O)NC([O-])=NC(C)C)c1. The van der Waals surface area contributed by atoms with Crippen molar-refractivity contribution < 1.29 is 18.1 Å². The van der Waals surface area contributed by atoms with Gasteiger partial charge in [0.05, 0.1) is 11.7 Å². The molecule has 0 aliphatic heterocycles. The van der Waals surface area contributed by atoms with Crippen LogP contribution in [0.4, 0.5) is 11.4 Å². The number of sulfonamides is 1. The Morgan fingerprint density at radius 2 is 2.00 bits per heavy atom. The number of nitrogens with one attached hydrogen (secondary N) is 2. The summed E-state index contributed by atoms with van der Waals surface area (Å²) in [7, 11) is -2.36. The second kappa shape index (κ2) is 7.52. The highest BCUT2D eigenvalue weighted by Crippen LogP contribution is 2.23. The molecule has 8 heteroatoms. The fraction of sp³-hybridized carbons (Fsp3) is 0.294. The van der Waals surface area contributed by atoms with Crippen molar-refractivity contribution >= 4 is 27.4 Å². The molecule has 25 heavy (non-hydrogen) atoms. The quantitative estimate of drug-likeness (QED) is 0.470. The molecule has 0 bridgehead atoms. The second-order valence-electron chi connectivity index (χ2n) is 6.02. The zero-order chi connectivity index (χ0) is 18.6. The number of hydrogen-bond donors (Lipinski definition) is 2. The first kappa shape index (κ1) is 18.7. The van der Waals surface area contributed by atoms with Crippen LogP contribution in [0.2, 0.25) is 0 Å². The predicted molar refractivity (Wildman–Crippen MR) is 95.0 cm³/mol. The third kappa shape index (κ3) is 5.18. The normalized spacial score (nSPS) is 12.3. The van der Waals surface area contributed by atoms with Gasteiger partial charge in [-0.15, -0.1) is 0 Å². The smallest absolute Gasteiger partial charge is 0.270 e. The van der Waals surface area contributed by atoms with Gasteiger partial charge in [-0.05, 0) is 38.5 Å². The molecule has 134 valence electrons. The Morgan fingerprint density at radius 1 is 1.28 bits per heavy atom. The van der Waals surface area contributed by atoms with Crippen molar-refractivity contribution in [1.29, 1.82) is 0 Å². The number of hydrogen-bond acceptors (Lipinski definition) is 5. The highest BCUT2D eigenvalue weighted by molar-refractivity contribution is 7.90. The summed E-state index contributed by atoms with van der Waals surface area (Å²) in [4.78, 5) is 3.64. The van der Waals surface area contributed by atoms with E-state index >= 15 is 0 Å². The van der Waals surface area contributed by atoms with E-state index in [2.05, 4.69) is 10.3 Å². The minimum absolute atomic E-state index is 0.0358. The minimum atomic E-state index is -4.07. The summed E-state index contributed by atoms with van der Waals surface area (Å²) in [6.07, 6.45) is 3.15. The van der Waals surface area contributed by atoms with E-state index in [4.69, 9.17) is 0 Å². The molecular formula is C17H22N4O3S. The number of anilines is 2. The number of aryl methyl sites for hydroxylation is 2. The van der Waals surface area contributed by atoms with Gasteiger partial charge in [-0.1, -0.05) is 12.1 Å². The summed E-state index contributed by atoms with van der Waals surface area (Å²) in [6.45, 7) is 5.33. The van der Waals surface area contributed by atoms with Crippen molar-refractivity contribution in [3.05, 3.63) is 48.3 Å². The fourth-order valence-electron chi connectivity index (χ4n) is 2.20. The zero-order valence-corrected chi connectivity index (χ0v) is 15.5. The molecule has 0 aliphatic rings. The molecule has 7 nitrogen and oxygen atoms in total. The van der Waals surface area contributed by atoms with Crippen LogP contribution in [0.1, 0.15) is 19.4 Å². The molecule has 2 rings (SSSR count). The van der Waals surface area contributed by atoms with Gasteiger partial charge >= 0.3 is 0 Å². The molecule has 1 aromatic carbocycles. The molecule has 0 saturated carbocycles. The van der Waals surface area contributed by atoms with Crippen molar-refractivity contribution in [1.82, 2.24) is 4.72 Å². The van der Waals surface area contributed by atoms with Crippen LogP contribution >= 0.6 is 0 Å². The van der Waals surface area contributed by atoms with E-state index in [0.717, 1.165) is 11.3 Å². The van der Waals surface area contributed by atoms with Gasteiger partial charge in [0.2, 0.25) is 0 Å². The Kier molecular flexibility index (Phi) is 5.63. The van der Waals surface area contributed by atoms with Crippen LogP contribution in [0, 0.1) is 6.92 Å². The molecule has 0 saturated heterocycles. The van der Waals surface area contributed by atoms with Gasteiger partial charge in [0, 0.05) is 17.8 Å². The lowest BCUT2D eigenvalue weighted by Crippen LogP contribution is -2.41. The highest BCUT2D eigenvalue weighted by Gasteiger charge is 2.22. The molecule has 1 heterocycles. The maximum atomic E-state index is 12.6. The van der Waals surface area contributed by atoms with Gasteiger partial charge in [-0.3, -0.25) is 9.71 Å². The van der Waals surface area contributed by atoms with Crippen LogP contribution in [0.25, 0.3) is 0 Å². The molecule has 0 atom stereocenters. The van der Waals surface area contributed by atoms with E-state index in [1.807, 2.05) is 35.9 Å². The second-order valence-corrected chi connectivity index (χ2v) is 7.67. The summed E-state index contributed by atoms with van der Waals surface area (Å²) in [5, 5.41) is 14.8. The average Bonchev–Trinajstić information content (AvgIpc) is 2.47. The summed E-state index contributed by atoms with van der Waals surface area (Å²) < 4.78 is 28.8. The van der Waals surface area contributed by atoms with Gasteiger partial charge in [0.15, 0.2) is 17.3 Å². The van der Waals surface area contributed by atoms with Crippen LogP contribution in [0.3, 0.4) is 0 Å². The lowest BCUT2D eigenvalue weighted by Gasteiger charge is -2.17. The van der Waals surface area contributed by atoms with Crippen molar-refractivity contribution in [2.45, 2.75) is 31.7 Å². The Morgan fingerprint density at radius 3 is 2.64 bits per heavy atom. The molecule has 0 spiro atoms. The molecule has 0 amide bonds. The van der Waals surface area contributed by atoms with Gasteiger partial charge in [0.1, 0.15) is 7.05 Å². The maximum absolute atomic E-state index is 12.6. The standard InChI is InChI=1S/C17H22N4O3S/c1-12(2)18-17(22)20-25(23,24)16-11-21(4)9-8-15(16)19-14-7-5-6-13(3)10-14/h5-12H,1-4H3,(H2,18,20,22). The van der Waals surface area contributed by atoms with Crippen LogP contribution in [-0.4, -0.2) is 20.5 Å². The summed E-state index contributed by atoms with van der Waals surface area (Å²) >= 11 is 0. The number of aromatic nitrogens is 1. The fourth-order valence-corrected chi connectivity index (χ4v) is 3.30. The van der Waals surface area contributed by atoms with Crippen LogP contribution in [0.5, 0.6) is 0 Å². The van der Waals surface area contributed by atoms with Crippen molar-refractivity contribution in [2.24, 2.45) is 12.0 Å². The van der Waals surface area contributed by atoms with Crippen LogP contribution < -0.4 is 19.7 Å². The van der Waals surface area contributed by atoms with Crippen molar-refractivity contribution in [2.75, 3.05) is 5.32 Å². The van der Waals surface area contributed by atoms with E-state index in [-0.39, 0.29) is 10.9 Å². The Balaban J connectivity index is 2.41. The van der Waals surface area contributed by atoms with E-state index in [1.165, 1.54) is 6.20 Å². The van der Waals surface area contributed by atoms with Gasteiger partial charge in [-0.2, -0.15) is 0 Å². The lowest BCUT2D eigenvalue weighted by atomic mass is 10.2. The monoisotopic (exact) mass is 362 g/mol. The Bertz CT molecular complexity index is 893. The van der Waals surface area contributed by atoms with Gasteiger partial charge in [-0.25, -0.2) is 13.0 Å². The predicted octanol–water partition coefficient (Wildman–Crippen LogP) is 0.966. The topological polar surface area (TPSA) is 97.5 Å². The molecule has 0 radical (unpaired) electrons. The third-order valence-corrected chi connectivity index (χ3v) is 4.59. The minimum Gasteiger partial charge on any atom is -0.846 e. The Labute approximate surface area is 148 Å². The zero-order valence-electron chi connectivity index (χ0n) is 14.6. The molecule has 2 N–H and O–H groups in total. The first-order valence-electron chi connectivity index (χ1n) is 7.78. The molecule has 0 unspecified atom stereocenters. The lowest BCUT2D eigenvalue weighted by molar-refractivity contribution is -0.673. The van der Waals surface area contributed by atoms with E-state index < -0.39 is 16.0 Å². The maximum Gasteiger partial charge on any atom is 0.270 e. The summed E-state index contributed by atoms with van der Waals surface area (Å²) in [5.41, 5.74) is 2.16. The molecule has 2 aromatic rings. The number of pyridine rings is 1. The van der Waals surface area contributed by atoms with Crippen LogP contribution in [0.15, 0.2) is 52.6 Å². The Hall–Kier alpha value is -2.61. The number of benzene rings is 1. The summed E-state index contributed by atoms with van der Waals surface area (Å²) in [6, 6.07) is 8.01. The third-order valence-electron chi connectivity index (χ3n) is 3.25. The van der Waals surface area contributed by atoms with E-state index in [9.17, 15) is 13.5 Å². The molecule has 0 fully saturated rings. The molecular weight excluding hydrogens is 340 g/mol. The number of amidine groups is 1. The first-order valence-corrected chi connectivity index (χ1v) is 9.26. The summed E-state index contributed by atoms with van der Waals surface area (Å²) in [5.74, 6) is 0. The average molecular weight is 362 g/mol. The molecule has 0 aliphatic carbocycles. The largest absolute Gasteiger partial charge is 0.846 e. The number of rotatable bonds is 5. The first-order chi connectivity index (χ1) is 11.7.